The second-order valence-corrected chi connectivity index (χ2v) is 5.01. The molecule has 1 unspecified atom stereocenters. The predicted molar refractivity (Wildman–Crippen MR) is 58.6 cm³/mol. The molecule has 88 valence electrons. The van der Waals surface area contributed by atoms with Gasteiger partial charge in [0.05, 0.1) is 12.7 Å². The van der Waals surface area contributed by atoms with Crippen molar-refractivity contribution in [3.8, 4) is 0 Å². The Bertz CT molecular complexity index is 197. The van der Waals surface area contributed by atoms with Crippen molar-refractivity contribution in [1.29, 1.82) is 0 Å². The summed E-state index contributed by atoms with van der Waals surface area (Å²) in [5, 5.41) is 9.43. The van der Waals surface area contributed by atoms with E-state index in [0.717, 1.165) is 52.1 Å². The van der Waals surface area contributed by atoms with Crippen molar-refractivity contribution in [3.05, 3.63) is 0 Å². The molecular weight excluding hydrogens is 192 g/mol. The van der Waals surface area contributed by atoms with Crippen molar-refractivity contribution >= 4 is 0 Å². The third-order valence-electron chi connectivity index (χ3n) is 3.73. The number of nitrogens with two attached hydrogens (primary N) is 1. The van der Waals surface area contributed by atoms with Gasteiger partial charge in [-0.15, -0.1) is 0 Å². The van der Waals surface area contributed by atoms with E-state index in [9.17, 15) is 5.11 Å². The number of rotatable bonds is 3. The Morgan fingerprint density at radius 2 is 2.13 bits per heavy atom. The van der Waals surface area contributed by atoms with E-state index in [0.29, 0.717) is 6.54 Å². The zero-order chi connectivity index (χ0) is 10.7. The van der Waals surface area contributed by atoms with Gasteiger partial charge in [-0.2, -0.15) is 0 Å². The summed E-state index contributed by atoms with van der Waals surface area (Å²) < 4.78 is 5.46. The van der Waals surface area contributed by atoms with E-state index in [1.165, 1.54) is 0 Å². The molecule has 0 radical (unpaired) electrons. The number of ether oxygens (including phenoxy) is 1. The minimum Gasteiger partial charge on any atom is -0.393 e. The lowest BCUT2D eigenvalue weighted by Gasteiger charge is -2.36. The van der Waals surface area contributed by atoms with E-state index in [2.05, 4.69) is 4.90 Å². The first-order chi connectivity index (χ1) is 7.24. The number of aliphatic hydroxyl groups is 1. The summed E-state index contributed by atoms with van der Waals surface area (Å²) >= 11 is 0. The molecule has 4 nitrogen and oxygen atoms in total. The Morgan fingerprint density at radius 1 is 1.40 bits per heavy atom. The molecule has 4 heteroatoms. The molecule has 2 rings (SSSR count). The SMILES string of the molecule is NCC1(CN2CCC(O)CC2)CCOC1. The molecule has 2 fully saturated rings. The third-order valence-corrected chi connectivity index (χ3v) is 3.73. The van der Waals surface area contributed by atoms with Crippen molar-refractivity contribution in [2.24, 2.45) is 11.1 Å². The largest absolute Gasteiger partial charge is 0.393 e. The summed E-state index contributed by atoms with van der Waals surface area (Å²) in [6.07, 6.45) is 2.81. The second kappa shape index (κ2) is 4.78. The van der Waals surface area contributed by atoms with Gasteiger partial charge in [-0.3, -0.25) is 0 Å². The summed E-state index contributed by atoms with van der Waals surface area (Å²) in [4.78, 5) is 2.42. The molecule has 2 aliphatic heterocycles. The van der Waals surface area contributed by atoms with Gasteiger partial charge in [0.2, 0.25) is 0 Å². The fourth-order valence-electron chi connectivity index (χ4n) is 2.55. The van der Waals surface area contributed by atoms with Gasteiger partial charge in [-0.05, 0) is 19.3 Å². The number of aliphatic hydroxyl groups excluding tert-OH is 1. The van der Waals surface area contributed by atoms with Crippen LogP contribution in [0.4, 0.5) is 0 Å². The zero-order valence-electron chi connectivity index (χ0n) is 9.32. The van der Waals surface area contributed by atoms with Crippen LogP contribution in [0.2, 0.25) is 0 Å². The maximum absolute atomic E-state index is 9.43. The molecule has 3 N–H and O–H groups in total. The molecule has 0 amide bonds. The Morgan fingerprint density at radius 3 is 2.67 bits per heavy atom. The van der Waals surface area contributed by atoms with Crippen LogP contribution in [0.5, 0.6) is 0 Å². The molecule has 0 saturated carbocycles. The Balaban J connectivity index is 1.84. The minimum atomic E-state index is -0.0881. The van der Waals surface area contributed by atoms with Crippen molar-refractivity contribution in [2.45, 2.75) is 25.4 Å². The molecule has 0 aliphatic carbocycles. The number of hydrogen-bond donors (Lipinski definition) is 2. The van der Waals surface area contributed by atoms with Gasteiger partial charge in [0.15, 0.2) is 0 Å². The third kappa shape index (κ3) is 2.69. The summed E-state index contributed by atoms with van der Waals surface area (Å²) in [6, 6.07) is 0. The lowest BCUT2D eigenvalue weighted by molar-refractivity contribution is 0.0525. The van der Waals surface area contributed by atoms with Crippen LogP contribution in [0.15, 0.2) is 0 Å². The van der Waals surface area contributed by atoms with Crippen molar-refractivity contribution in [1.82, 2.24) is 4.90 Å². The van der Waals surface area contributed by atoms with E-state index in [1.54, 1.807) is 0 Å². The topological polar surface area (TPSA) is 58.7 Å². The van der Waals surface area contributed by atoms with Gasteiger partial charge in [-0.25, -0.2) is 0 Å². The van der Waals surface area contributed by atoms with Gasteiger partial charge in [0.25, 0.3) is 0 Å². The van der Waals surface area contributed by atoms with E-state index in [-0.39, 0.29) is 11.5 Å². The summed E-state index contributed by atoms with van der Waals surface area (Å²) in [5.41, 5.74) is 6.04. The highest BCUT2D eigenvalue weighted by atomic mass is 16.5. The summed E-state index contributed by atoms with van der Waals surface area (Å²) in [6.45, 7) is 5.42. The van der Waals surface area contributed by atoms with E-state index < -0.39 is 0 Å². The summed E-state index contributed by atoms with van der Waals surface area (Å²) in [7, 11) is 0. The Hall–Kier alpha value is -0.160. The Labute approximate surface area is 91.4 Å². The lowest BCUT2D eigenvalue weighted by atomic mass is 9.86. The smallest absolute Gasteiger partial charge is 0.0564 e. The van der Waals surface area contributed by atoms with Crippen LogP contribution in [-0.2, 0) is 4.74 Å². The van der Waals surface area contributed by atoms with Gasteiger partial charge in [0, 0.05) is 38.2 Å². The molecule has 0 aromatic heterocycles. The van der Waals surface area contributed by atoms with Crippen LogP contribution in [0, 0.1) is 5.41 Å². The van der Waals surface area contributed by atoms with Crippen LogP contribution < -0.4 is 5.73 Å². The highest BCUT2D eigenvalue weighted by Crippen LogP contribution is 2.29. The predicted octanol–water partition coefficient (Wildman–Crippen LogP) is -0.192. The quantitative estimate of drug-likeness (QED) is 0.683. The van der Waals surface area contributed by atoms with Crippen molar-refractivity contribution in [3.63, 3.8) is 0 Å². The molecule has 2 aliphatic rings. The van der Waals surface area contributed by atoms with E-state index >= 15 is 0 Å². The maximum Gasteiger partial charge on any atom is 0.0564 e. The highest BCUT2D eigenvalue weighted by molar-refractivity contribution is 4.88. The molecular formula is C11H22N2O2. The first-order valence-corrected chi connectivity index (χ1v) is 5.92. The van der Waals surface area contributed by atoms with Crippen LogP contribution in [-0.4, -0.2) is 55.5 Å². The standard InChI is InChI=1S/C11H22N2O2/c12-7-11(3-6-15-9-11)8-13-4-1-10(14)2-5-13/h10,14H,1-9,12H2. The van der Waals surface area contributed by atoms with Crippen molar-refractivity contribution < 1.29 is 9.84 Å². The highest BCUT2D eigenvalue weighted by Gasteiger charge is 2.36. The molecule has 15 heavy (non-hydrogen) atoms. The normalized spacial score (nSPS) is 34.8. The van der Waals surface area contributed by atoms with Crippen LogP contribution >= 0.6 is 0 Å². The summed E-state index contributed by atoms with van der Waals surface area (Å²) in [5.74, 6) is 0. The molecule has 2 saturated heterocycles. The van der Waals surface area contributed by atoms with Gasteiger partial charge >= 0.3 is 0 Å². The minimum absolute atomic E-state index is 0.0881. The van der Waals surface area contributed by atoms with Crippen LogP contribution in [0.3, 0.4) is 0 Å². The number of hydrogen-bond acceptors (Lipinski definition) is 4. The molecule has 0 bridgehead atoms. The van der Waals surface area contributed by atoms with Crippen molar-refractivity contribution in [2.75, 3.05) is 39.4 Å². The van der Waals surface area contributed by atoms with Gasteiger partial charge in [-0.1, -0.05) is 0 Å². The van der Waals surface area contributed by atoms with Gasteiger partial charge < -0.3 is 20.5 Å². The Kier molecular flexibility index (Phi) is 3.61. The average Bonchev–Trinajstić information content (AvgIpc) is 2.71. The van der Waals surface area contributed by atoms with E-state index in [1.807, 2.05) is 0 Å². The molecule has 0 aromatic rings. The molecule has 0 aromatic carbocycles. The molecule has 0 spiro atoms. The fraction of sp³-hybridized carbons (Fsp3) is 1.00. The molecule has 1 atom stereocenters. The number of likely N-dealkylation sites (tertiary alicyclic amines) is 1. The first kappa shape index (κ1) is 11.3. The van der Waals surface area contributed by atoms with Crippen LogP contribution in [0.1, 0.15) is 19.3 Å². The van der Waals surface area contributed by atoms with Crippen LogP contribution in [0.25, 0.3) is 0 Å². The monoisotopic (exact) mass is 214 g/mol. The fourth-order valence-corrected chi connectivity index (χ4v) is 2.55. The molecule has 2 heterocycles. The van der Waals surface area contributed by atoms with E-state index in [4.69, 9.17) is 10.5 Å². The second-order valence-electron chi connectivity index (χ2n) is 5.01. The lowest BCUT2D eigenvalue weighted by Crippen LogP contribution is -2.46. The number of nitrogens with zero attached hydrogens (tertiary/aromatic N) is 1. The first-order valence-electron chi connectivity index (χ1n) is 5.92. The zero-order valence-corrected chi connectivity index (χ0v) is 9.32. The average molecular weight is 214 g/mol. The van der Waals surface area contributed by atoms with Gasteiger partial charge in [0.1, 0.15) is 0 Å². The maximum atomic E-state index is 9.43. The number of piperidine rings is 1.